The Morgan fingerprint density at radius 1 is 1.27 bits per heavy atom. The lowest BCUT2D eigenvalue weighted by Crippen LogP contribution is -2.13. The van der Waals surface area contributed by atoms with Crippen molar-refractivity contribution in [3.63, 3.8) is 0 Å². The maximum atomic E-state index is 6.39. The summed E-state index contributed by atoms with van der Waals surface area (Å²) in [5.41, 5.74) is 3.69. The van der Waals surface area contributed by atoms with E-state index in [1.807, 2.05) is 0 Å². The zero-order chi connectivity index (χ0) is 11.8. The van der Waals surface area contributed by atoms with Gasteiger partial charge in [0.25, 0.3) is 0 Å². The average molecular weight is 261 g/mol. The highest BCUT2D eigenvalue weighted by atomic mass is 35.5. The predicted molar refractivity (Wildman–Crippen MR) is 74.5 cm³/mol. The first-order chi connectivity index (χ1) is 6.79. The molecule has 3 heteroatoms. The summed E-state index contributed by atoms with van der Waals surface area (Å²) >= 11 is 10.6. The number of benzene rings is 1. The van der Waals surface area contributed by atoms with Gasteiger partial charge in [-0.25, -0.2) is 0 Å². The van der Waals surface area contributed by atoms with Crippen LogP contribution in [-0.4, -0.2) is 0 Å². The van der Waals surface area contributed by atoms with Gasteiger partial charge in [-0.2, -0.15) is 0 Å². The Morgan fingerprint density at radius 2 is 1.80 bits per heavy atom. The molecule has 0 amide bonds. The third-order valence-corrected chi connectivity index (χ3v) is 4.37. The fourth-order valence-electron chi connectivity index (χ4n) is 1.63. The Hall–Kier alpha value is 0.210. The summed E-state index contributed by atoms with van der Waals surface area (Å²) in [4.78, 5) is 1.18. The molecule has 0 bridgehead atoms. The highest BCUT2D eigenvalue weighted by Gasteiger charge is 2.21. The molecule has 0 aliphatic carbocycles. The molecule has 0 radical (unpaired) electrons. The van der Waals surface area contributed by atoms with Gasteiger partial charge in [-0.05, 0) is 36.0 Å². The third kappa shape index (κ3) is 2.66. The lowest BCUT2D eigenvalue weighted by atomic mass is 9.85. The molecule has 0 saturated carbocycles. The minimum atomic E-state index is 0.0897. The van der Waals surface area contributed by atoms with Gasteiger partial charge in [-0.15, -0.1) is 11.7 Å². The molecule has 0 aliphatic rings. The predicted octanol–water partition coefficient (Wildman–Crippen LogP) is 5.19. The molecule has 0 saturated heterocycles. The van der Waals surface area contributed by atoms with Gasteiger partial charge < -0.3 is 0 Å². The smallest absolute Gasteiger partial charge is 0.0484 e. The van der Waals surface area contributed by atoms with Crippen molar-refractivity contribution in [1.29, 1.82) is 0 Å². The summed E-state index contributed by atoms with van der Waals surface area (Å²) in [6.07, 6.45) is 0. The third-order valence-electron chi connectivity index (χ3n) is 2.52. The molecular weight excluding hydrogens is 244 g/mol. The van der Waals surface area contributed by atoms with Crippen LogP contribution in [0.1, 0.15) is 37.5 Å². The molecule has 0 unspecified atom stereocenters. The number of rotatable bonds is 1. The fourth-order valence-corrected chi connectivity index (χ4v) is 3.40. The fraction of sp³-hybridized carbons (Fsp3) is 0.500. The Morgan fingerprint density at radius 3 is 2.20 bits per heavy atom. The van der Waals surface area contributed by atoms with E-state index in [0.29, 0.717) is 0 Å². The van der Waals surface area contributed by atoms with E-state index in [0.717, 1.165) is 10.6 Å². The van der Waals surface area contributed by atoms with Crippen molar-refractivity contribution in [2.75, 3.05) is 0 Å². The van der Waals surface area contributed by atoms with E-state index in [9.17, 15) is 0 Å². The van der Waals surface area contributed by atoms with Crippen molar-refractivity contribution < 1.29 is 0 Å². The molecular formula is C12H17ClS2. The molecule has 0 heterocycles. The van der Waals surface area contributed by atoms with E-state index < -0.39 is 0 Å². The Balaban J connectivity index is 3.48. The van der Waals surface area contributed by atoms with Crippen LogP contribution < -0.4 is 0 Å². The summed E-state index contributed by atoms with van der Waals surface area (Å²) in [5, 5.41) is 0.879. The SMILES string of the molecule is Cc1cc(C(C)(C)C)c(Cl)c(C)c1SS. The second-order valence-electron chi connectivity index (χ2n) is 4.85. The first kappa shape index (κ1) is 13.3. The number of hydrogen-bond donors (Lipinski definition) is 1. The van der Waals surface area contributed by atoms with Crippen LogP contribution in [0, 0.1) is 13.8 Å². The van der Waals surface area contributed by atoms with Crippen LogP contribution in [0.25, 0.3) is 0 Å². The van der Waals surface area contributed by atoms with Crippen LogP contribution in [-0.2, 0) is 5.41 Å². The minimum Gasteiger partial charge on any atom is -0.106 e. The number of aryl methyl sites for hydroxylation is 1. The number of halogens is 1. The van der Waals surface area contributed by atoms with E-state index in [2.05, 4.69) is 52.3 Å². The van der Waals surface area contributed by atoms with Gasteiger partial charge in [-0.1, -0.05) is 49.2 Å². The maximum Gasteiger partial charge on any atom is 0.0484 e. The lowest BCUT2D eigenvalue weighted by molar-refractivity contribution is 0.588. The molecule has 1 rings (SSSR count). The number of hydrogen-bond acceptors (Lipinski definition) is 2. The summed E-state index contributed by atoms with van der Waals surface area (Å²) in [6, 6.07) is 2.17. The molecule has 84 valence electrons. The van der Waals surface area contributed by atoms with Crippen LogP contribution in [0.3, 0.4) is 0 Å². The normalized spacial score (nSPS) is 11.9. The number of thiol groups is 1. The molecule has 0 N–H and O–H groups in total. The van der Waals surface area contributed by atoms with Gasteiger partial charge in [0.05, 0.1) is 0 Å². The molecule has 0 aromatic heterocycles. The second kappa shape index (κ2) is 4.60. The van der Waals surface area contributed by atoms with Gasteiger partial charge >= 0.3 is 0 Å². The van der Waals surface area contributed by atoms with E-state index in [4.69, 9.17) is 11.6 Å². The van der Waals surface area contributed by atoms with Crippen LogP contribution >= 0.6 is 34.1 Å². The van der Waals surface area contributed by atoms with Crippen LogP contribution in [0.5, 0.6) is 0 Å². The van der Waals surface area contributed by atoms with Crippen molar-refractivity contribution in [2.24, 2.45) is 0 Å². The summed E-state index contributed by atoms with van der Waals surface area (Å²) in [6.45, 7) is 10.7. The van der Waals surface area contributed by atoms with Crippen molar-refractivity contribution in [1.82, 2.24) is 0 Å². The van der Waals surface area contributed by atoms with Gasteiger partial charge in [0.1, 0.15) is 0 Å². The molecule has 0 aliphatic heterocycles. The molecule has 1 aromatic rings. The first-order valence-electron chi connectivity index (χ1n) is 4.90. The van der Waals surface area contributed by atoms with Crippen LogP contribution in [0.2, 0.25) is 5.02 Å². The summed E-state index contributed by atoms with van der Waals surface area (Å²) < 4.78 is 0. The highest BCUT2D eigenvalue weighted by Crippen LogP contribution is 2.39. The Bertz CT molecular complexity index is 378. The monoisotopic (exact) mass is 260 g/mol. The molecule has 0 fully saturated rings. The van der Waals surface area contributed by atoms with Crippen LogP contribution in [0.4, 0.5) is 0 Å². The molecule has 0 nitrogen and oxygen atoms in total. The van der Waals surface area contributed by atoms with E-state index in [1.54, 1.807) is 0 Å². The molecule has 15 heavy (non-hydrogen) atoms. The van der Waals surface area contributed by atoms with E-state index in [1.165, 1.54) is 26.8 Å². The average Bonchev–Trinajstić information content (AvgIpc) is 2.10. The van der Waals surface area contributed by atoms with Gasteiger partial charge in [-0.3, -0.25) is 0 Å². The van der Waals surface area contributed by atoms with Crippen molar-refractivity contribution in [3.05, 3.63) is 27.8 Å². The van der Waals surface area contributed by atoms with Crippen molar-refractivity contribution in [2.45, 2.75) is 44.9 Å². The first-order valence-corrected chi connectivity index (χ1v) is 7.15. The Labute approximate surface area is 107 Å². The van der Waals surface area contributed by atoms with Crippen molar-refractivity contribution >= 4 is 34.1 Å². The summed E-state index contributed by atoms with van der Waals surface area (Å²) in [7, 11) is 1.47. The molecule has 0 atom stereocenters. The van der Waals surface area contributed by atoms with E-state index in [-0.39, 0.29) is 5.41 Å². The van der Waals surface area contributed by atoms with Crippen LogP contribution in [0.15, 0.2) is 11.0 Å². The lowest BCUT2D eigenvalue weighted by Gasteiger charge is -2.24. The van der Waals surface area contributed by atoms with Gasteiger partial charge in [0.15, 0.2) is 0 Å². The second-order valence-corrected chi connectivity index (χ2v) is 6.37. The molecule has 0 spiro atoms. The highest BCUT2D eigenvalue weighted by molar-refractivity contribution is 8.68. The van der Waals surface area contributed by atoms with Gasteiger partial charge in [0.2, 0.25) is 0 Å². The standard InChI is InChI=1S/C12H17ClS2/c1-7-6-9(12(3,4)5)10(13)8(2)11(7)15-14/h6,14H,1-5H3. The van der Waals surface area contributed by atoms with Gasteiger partial charge in [0, 0.05) is 9.92 Å². The maximum absolute atomic E-state index is 6.39. The zero-order valence-electron chi connectivity index (χ0n) is 9.81. The molecule has 1 aromatic carbocycles. The minimum absolute atomic E-state index is 0.0897. The summed E-state index contributed by atoms with van der Waals surface area (Å²) in [5.74, 6) is 0. The zero-order valence-corrected chi connectivity index (χ0v) is 12.3. The largest absolute Gasteiger partial charge is 0.106 e. The van der Waals surface area contributed by atoms with Crippen molar-refractivity contribution in [3.8, 4) is 0 Å². The van der Waals surface area contributed by atoms with E-state index >= 15 is 0 Å². The quantitative estimate of drug-likeness (QED) is 0.536. The Kier molecular flexibility index (Phi) is 4.07. The topological polar surface area (TPSA) is 0 Å².